The van der Waals surface area contributed by atoms with Gasteiger partial charge in [-0.2, -0.15) is 13.2 Å². The van der Waals surface area contributed by atoms with Crippen LogP contribution in [-0.2, 0) is 17.5 Å². The first kappa shape index (κ1) is 28.6. The van der Waals surface area contributed by atoms with Gasteiger partial charge in [-0.15, -0.1) is 10.2 Å². The second kappa shape index (κ2) is 12.6. The second-order valence-corrected chi connectivity index (χ2v) is 9.18. The number of benzene rings is 3. The normalized spacial score (nSPS) is 11.2. The summed E-state index contributed by atoms with van der Waals surface area (Å²) in [7, 11) is 0. The van der Waals surface area contributed by atoms with Crippen LogP contribution in [0.3, 0.4) is 0 Å². The molecule has 0 fully saturated rings. The monoisotopic (exact) mass is 573 g/mol. The first-order chi connectivity index (χ1) is 19.2. The fourth-order valence-electron chi connectivity index (χ4n) is 3.62. The molecule has 2 N–H and O–H groups in total. The van der Waals surface area contributed by atoms with E-state index in [1.165, 1.54) is 34.9 Å². The molecule has 40 heavy (non-hydrogen) atoms. The van der Waals surface area contributed by atoms with Gasteiger partial charge in [0, 0.05) is 5.69 Å². The van der Waals surface area contributed by atoms with Crippen molar-refractivity contribution in [2.24, 2.45) is 0 Å². The average molecular weight is 574 g/mol. The van der Waals surface area contributed by atoms with E-state index in [-0.39, 0.29) is 40.4 Å². The highest BCUT2D eigenvalue weighted by Crippen LogP contribution is 2.32. The van der Waals surface area contributed by atoms with E-state index in [1.807, 2.05) is 6.92 Å². The Kier molecular flexibility index (Phi) is 9.04. The molecule has 0 aliphatic heterocycles. The summed E-state index contributed by atoms with van der Waals surface area (Å²) in [6, 6.07) is 16.6. The Balaban J connectivity index is 1.54. The molecule has 0 unspecified atom stereocenters. The predicted octanol–water partition coefficient (Wildman–Crippen LogP) is 5.48. The van der Waals surface area contributed by atoms with Crippen molar-refractivity contribution in [2.75, 3.05) is 17.7 Å². The van der Waals surface area contributed by atoms with Gasteiger partial charge in [0.05, 0.1) is 35.7 Å². The van der Waals surface area contributed by atoms with E-state index < -0.39 is 23.5 Å². The molecule has 4 rings (SSSR count). The predicted molar refractivity (Wildman–Crippen MR) is 141 cm³/mol. The Morgan fingerprint density at radius 2 is 1.75 bits per heavy atom. The Bertz CT molecular complexity index is 1490. The lowest BCUT2D eigenvalue weighted by Crippen LogP contribution is -2.25. The van der Waals surface area contributed by atoms with Gasteiger partial charge < -0.3 is 15.4 Å². The lowest BCUT2D eigenvalue weighted by molar-refractivity contribution is -0.137. The van der Waals surface area contributed by atoms with E-state index in [1.54, 1.807) is 24.3 Å². The third kappa shape index (κ3) is 7.17. The van der Waals surface area contributed by atoms with Gasteiger partial charge in [0.2, 0.25) is 5.91 Å². The van der Waals surface area contributed by atoms with Crippen molar-refractivity contribution in [2.45, 2.75) is 24.8 Å². The molecule has 13 heteroatoms. The number of hydrogen-bond donors (Lipinski definition) is 2. The topological polar surface area (TPSA) is 98.1 Å². The molecular formula is C27H23F4N5O3S. The number of aromatic nitrogens is 3. The largest absolute Gasteiger partial charge is 0.494 e. The van der Waals surface area contributed by atoms with Crippen molar-refractivity contribution < 1.29 is 31.9 Å². The minimum Gasteiger partial charge on any atom is -0.494 e. The van der Waals surface area contributed by atoms with Crippen molar-refractivity contribution in [1.82, 2.24) is 20.1 Å². The van der Waals surface area contributed by atoms with Gasteiger partial charge in [0.1, 0.15) is 11.6 Å². The SMILES string of the molecule is CCOc1ccc(NC(=O)CSc2nnc(CNC(=O)c3ccccc3F)n2-c2cccc(C(F)(F)F)c2)cc1. The minimum atomic E-state index is -4.60. The Hall–Kier alpha value is -4.39. The molecule has 1 aromatic heterocycles. The molecule has 208 valence electrons. The van der Waals surface area contributed by atoms with Gasteiger partial charge in [-0.1, -0.05) is 30.0 Å². The first-order valence-electron chi connectivity index (χ1n) is 12.0. The number of hydrogen-bond acceptors (Lipinski definition) is 6. The van der Waals surface area contributed by atoms with Crippen LogP contribution in [0.2, 0.25) is 0 Å². The van der Waals surface area contributed by atoms with Gasteiger partial charge in [-0.25, -0.2) is 4.39 Å². The smallest absolute Gasteiger partial charge is 0.416 e. The Labute approximate surface area is 230 Å². The molecule has 8 nitrogen and oxygen atoms in total. The number of thioether (sulfide) groups is 1. The highest BCUT2D eigenvalue weighted by molar-refractivity contribution is 7.99. The third-order valence-electron chi connectivity index (χ3n) is 5.44. The van der Waals surface area contributed by atoms with Crippen LogP contribution in [0.1, 0.15) is 28.7 Å². The summed E-state index contributed by atoms with van der Waals surface area (Å²) in [5, 5.41) is 13.4. The number of anilines is 1. The first-order valence-corrected chi connectivity index (χ1v) is 12.9. The van der Waals surface area contributed by atoms with Crippen LogP contribution in [0.4, 0.5) is 23.2 Å². The molecular weight excluding hydrogens is 550 g/mol. The van der Waals surface area contributed by atoms with Gasteiger partial charge >= 0.3 is 6.18 Å². The minimum absolute atomic E-state index is 0.0735. The zero-order chi connectivity index (χ0) is 28.7. The van der Waals surface area contributed by atoms with Crippen molar-refractivity contribution in [3.8, 4) is 11.4 Å². The third-order valence-corrected chi connectivity index (χ3v) is 6.37. The molecule has 0 spiro atoms. The number of carbonyl (C=O) groups excluding carboxylic acids is 2. The number of ether oxygens (including phenoxy) is 1. The van der Waals surface area contributed by atoms with Gasteiger partial charge in [-0.05, 0) is 61.5 Å². The van der Waals surface area contributed by atoms with Crippen LogP contribution < -0.4 is 15.4 Å². The highest BCUT2D eigenvalue weighted by Gasteiger charge is 2.31. The zero-order valence-electron chi connectivity index (χ0n) is 21.0. The summed E-state index contributed by atoms with van der Waals surface area (Å²) in [5.74, 6) is -1.25. The fourth-order valence-corrected chi connectivity index (χ4v) is 4.39. The van der Waals surface area contributed by atoms with Crippen LogP contribution in [0, 0.1) is 5.82 Å². The van der Waals surface area contributed by atoms with Gasteiger partial charge in [0.25, 0.3) is 5.91 Å². The standard InChI is InChI=1S/C27H23F4N5O3S/c1-2-39-20-12-10-18(11-13-20)33-24(37)16-40-26-35-34-23(15-32-25(38)21-8-3-4-9-22(21)28)36(26)19-7-5-6-17(14-19)27(29,30)31/h3-14H,2,15-16H2,1H3,(H,32,38)(H,33,37). The van der Waals surface area contributed by atoms with E-state index >= 15 is 0 Å². The number of nitrogens with one attached hydrogen (secondary N) is 2. The maximum atomic E-state index is 14.0. The van der Waals surface area contributed by atoms with Crippen LogP contribution in [0.15, 0.2) is 78.0 Å². The molecule has 0 saturated carbocycles. The fraction of sp³-hybridized carbons (Fsp3) is 0.185. The molecule has 0 radical (unpaired) electrons. The molecule has 3 aromatic carbocycles. The van der Waals surface area contributed by atoms with E-state index in [2.05, 4.69) is 20.8 Å². The van der Waals surface area contributed by atoms with Crippen LogP contribution >= 0.6 is 11.8 Å². The quantitative estimate of drug-likeness (QED) is 0.193. The molecule has 4 aromatic rings. The van der Waals surface area contributed by atoms with E-state index in [4.69, 9.17) is 4.74 Å². The summed E-state index contributed by atoms with van der Waals surface area (Å²) >= 11 is 0.946. The Morgan fingerprint density at radius 1 is 1.00 bits per heavy atom. The number of rotatable bonds is 10. The van der Waals surface area contributed by atoms with Crippen LogP contribution in [-0.4, -0.2) is 38.9 Å². The molecule has 0 atom stereocenters. The lowest BCUT2D eigenvalue weighted by Gasteiger charge is -2.14. The summed E-state index contributed by atoms with van der Waals surface area (Å²) in [5.41, 5.74) is -0.494. The molecule has 0 saturated heterocycles. The maximum absolute atomic E-state index is 14.0. The van der Waals surface area contributed by atoms with Gasteiger partial charge in [-0.3, -0.25) is 14.2 Å². The molecule has 0 bridgehead atoms. The van der Waals surface area contributed by atoms with Crippen molar-refractivity contribution in [3.05, 3.63) is 95.6 Å². The van der Waals surface area contributed by atoms with E-state index in [0.29, 0.717) is 18.0 Å². The number of alkyl halides is 3. The summed E-state index contributed by atoms with van der Waals surface area (Å²) in [4.78, 5) is 25.1. The number of carbonyl (C=O) groups is 2. The molecule has 2 amide bonds. The average Bonchev–Trinajstić information content (AvgIpc) is 3.34. The molecule has 0 aliphatic rings. The second-order valence-electron chi connectivity index (χ2n) is 8.24. The Morgan fingerprint density at radius 3 is 2.45 bits per heavy atom. The van der Waals surface area contributed by atoms with Crippen molar-refractivity contribution >= 4 is 29.3 Å². The number of amides is 2. The number of halogens is 4. The number of nitrogens with zero attached hydrogens (tertiary/aromatic N) is 3. The zero-order valence-corrected chi connectivity index (χ0v) is 21.9. The summed E-state index contributed by atoms with van der Waals surface area (Å²) in [6.45, 7) is 2.09. The summed E-state index contributed by atoms with van der Waals surface area (Å²) < 4.78 is 61.0. The molecule has 1 heterocycles. The summed E-state index contributed by atoms with van der Waals surface area (Å²) in [6.07, 6.45) is -4.60. The lowest BCUT2D eigenvalue weighted by atomic mass is 10.2. The van der Waals surface area contributed by atoms with Crippen molar-refractivity contribution in [1.29, 1.82) is 0 Å². The highest BCUT2D eigenvalue weighted by atomic mass is 32.2. The van der Waals surface area contributed by atoms with E-state index in [0.717, 1.165) is 30.0 Å². The van der Waals surface area contributed by atoms with E-state index in [9.17, 15) is 27.2 Å². The van der Waals surface area contributed by atoms with Crippen LogP contribution in [0.5, 0.6) is 5.75 Å². The maximum Gasteiger partial charge on any atom is 0.416 e. The molecule has 0 aliphatic carbocycles. The van der Waals surface area contributed by atoms with Crippen molar-refractivity contribution in [3.63, 3.8) is 0 Å². The van der Waals surface area contributed by atoms with Gasteiger partial charge in [0.15, 0.2) is 11.0 Å². The van der Waals surface area contributed by atoms with Crippen LogP contribution in [0.25, 0.3) is 5.69 Å².